The monoisotopic (exact) mass is 407 g/mol. The van der Waals surface area contributed by atoms with Gasteiger partial charge in [0.15, 0.2) is 5.65 Å². The summed E-state index contributed by atoms with van der Waals surface area (Å²) >= 11 is 2.73. The standard InChI is InChI=1S/C15H13N5O5S2/c16-9-12(21)19-10(15(24)25)6(5-27-13(9)19)4-26-8-1-2-17-11-7(14(22)23)3-18-20(8)11/h1-3,9,13H,4-5,16H2,(H,22,23)(H,24,25)/t9?,13-/m1/s1. The van der Waals surface area contributed by atoms with Crippen LogP contribution in [0.15, 0.2) is 34.8 Å². The largest absolute Gasteiger partial charge is 0.477 e. The minimum atomic E-state index is -1.16. The number of β-lactam (4-membered cyclic amide) rings is 1. The molecule has 0 bridgehead atoms. The summed E-state index contributed by atoms with van der Waals surface area (Å²) in [6, 6.07) is 0.998. The van der Waals surface area contributed by atoms with Crippen LogP contribution in [-0.2, 0) is 9.59 Å². The van der Waals surface area contributed by atoms with E-state index in [9.17, 15) is 24.6 Å². The van der Waals surface area contributed by atoms with Crippen LogP contribution in [0.4, 0.5) is 0 Å². The van der Waals surface area contributed by atoms with Gasteiger partial charge in [0.05, 0.1) is 6.20 Å². The third-order valence-corrected chi connectivity index (χ3v) is 6.74. The predicted molar refractivity (Wildman–Crippen MR) is 96.4 cm³/mol. The minimum Gasteiger partial charge on any atom is -0.477 e. The zero-order valence-corrected chi connectivity index (χ0v) is 15.2. The zero-order chi connectivity index (χ0) is 19.3. The average Bonchev–Trinajstić information content (AvgIpc) is 3.09. The Hall–Kier alpha value is -2.57. The molecule has 2 aromatic heterocycles. The van der Waals surface area contributed by atoms with E-state index in [1.165, 1.54) is 45.3 Å². The molecule has 1 unspecified atom stereocenters. The van der Waals surface area contributed by atoms with Crippen LogP contribution >= 0.6 is 23.5 Å². The molecule has 4 heterocycles. The summed E-state index contributed by atoms with van der Waals surface area (Å²) in [6.45, 7) is 0. The lowest BCUT2D eigenvalue weighted by Gasteiger charge is -2.48. The van der Waals surface area contributed by atoms with E-state index in [0.29, 0.717) is 22.1 Å². The van der Waals surface area contributed by atoms with Gasteiger partial charge in [-0.1, -0.05) is 0 Å². The third-order valence-electron chi connectivity index (χ3n) is 4.28. The molecule has 0 radical (unpaired) electrons. The van der Waals surface area contributed by atoms with E-state index in [2.05, 4.69) is 10.1 Å². The first-order valence-corrected chi connectivity index (χ1v) is 9.78. The van der Waals surface area contributed by atoms with Crippen LogP contribution in [0.3, 0.4) is 0 Å². The molecule has 10 nitrogen and oxygen atoms in total. The van der Waals surface area contributed by atoms with Gasteiger partial charge in [0.25, 0.3) is 0 Å². The Labute approximate surface area is 160 Å². The number of amides is 1. The van der Waals surface area contributed by atoms with Gasteiger partial charge in [0.2, 0.25) is 5.91 Å². The Bertz CT molecular complexity index is 1020. The lowest BCUT2D eigenvalue weighted by atomic mass is 10.0. The summed E-state index contributed by atoms with van der Waals surface area (Å²) in [6.07, 6.45) is 2.69. The molecule has 1 fully saturated rings. The van der Waals surface area contributed by atoms with Crippen molar-refractivity contribution in [1.29, 1.82) is 0 Å². The fraction of sp³-hybridized carbons (Fsp3) is 0.267. The Balaban J connectivity index is 1.63. The summed E-state index contributed by atoms with van der Waals surface area (Å²) in [5.74, 6) is -1.93. The SMILES string of the molecule is NC1C(=O)N2C(C(=O)O)=C(CSc3ccnc4c(C(=O)O)cnn34)CS[C@H]12. The second kappa shape index (κ2) is 6.55. The van der Waals surface area contributed by atoms with E-state index in [4.69, 9.17) is 5.73 Å². The fourth-order valence-corrected chi connectivity index (χ4v) is 5.38. The van der Waals surface area contributed by atoms with E-state index in [-0.39, 0.29) is 22.3 Å². The number of carboxylic acids is 2. The summed E-state index contributed by atoms with van der Waals surface area (Å²) in [5, 5.41) is 23.1. The van der Waals surface area contributed by atoms with E-state index < -0.39 is 23.9 Å². The molecule has 2 aliphatic rings. The van der Waals surface area contributed by atoms with Gasteiger partial charge in [-0.25, -0.2) is 19.1 Å². The van der Waals surface area contributed by atoms with E-state index >= 15 is 0 Å². The number of hydrogen-bond acceptors (Lipinski definition) is 8. The first-order valence-electron chi connectivity index (χ1n) is 7.74. The molecule has 2 aromatic rings. The lowest BCUT2D eigenvalue weighted by molar-refractivity contribution is -0.147. The Kier molecular flexibility index (Phi) is 4.32. The minimum absolute atomic E-state index is 0.0147. The first kappa shape index (κ1) is 17.8. The molecule has 140 valence electrons. The molecular formula is C15H13N5O5S2. The number of nitrogens with zero attached hydrogens (tertiary/aromatic N) is 4. The van der Waals surface area contributed by atoms with Crippen molar-refractivity contribution in [3.63, 3.8) is 0 Å². The number of hydrogen-bond donors (Lipinski definition) is 3. The number of carboxylic acid groups (broad SMARTS) is 2. The van der Waals surface area contributed by atoms with Crippen molar-refractivity contribution in [3.8, 4) is 0 Å². The number of aromatic carboxylic acids is 1. The topological polar surface area (TPSA) is 151 Å². The second-order valence-corrected chi connectivity index (χ2v) is 7.96. The van der Waals surface area contributed by atoms with Crippen LogP contribution in [0.2, 0.25) is 0 Å². The average molecular weight is 407 g/mol. The summed E-state index contributed by atoms with van der Waals surface area (Å²) in [5.41, 5.74) is 6.52. The number of thioether (sulfide) groups is 2. The maximum atomic E-state index is 12.0. The molecule has 27 heavy (non-hydrogen) atoms. The Morgan fingerprint density at radius 3 is 2.85 bits per heavy atom. The second-order valence-electron chi connectivity index (χ2n) is 5.86. The molecule has 2 aliphatic heterocycles. The van der Waals surface area contributed by atoms with Crippen LogP contribution in [0, 0.1) is 0 Å². The van der Waals surface area contributed by atoms with Crippen molar-refractivity contribution in [3.05, 3.63) is 35.3 Å². The van der Waals surface area contributed by atoms with Crippen molar-refractivity contribution in [1.82, 2.24) is 19.5 Å². The van der Waals surface area contributed by atoms with Crippen LogP contribution in [-0.4, -0.2) is 70.5 Å². The zero-order valence-electron chi connectivity index (χ0n) is 13.6. The van der Waals surface area contributed by atoms with Crippen molar-refractivity contribution < 1.29 is 24.6 Å². The van der Waals surface area contributed by atoms with Gasteiger partial charge in [-0.15, -0.1) is 23.5 Å². The normalized spacial score (nSPS) is 22.0. The van der Waals surface area contributed by atoms with Gasteiger partial charge in [-0.2, -0.15) is 5.10 Å². The van der Waals surface area contributed by atoms with Gasteiger partial charge in [-0.05, 0) is 11.6 Å². The maximum Gasteiger partial charge on any atom is 0.352 e. The number of carbonyl (C=O) groups is 3. The highest BCUT2D eigenvalue weighted by molar-refractivity contribution is 8.01. The number of nitrogens with two attached hydrogens (primary N) is 1. The number of fused-ring (bicyclic) bond motifs is 2. The molecule has 0 spiro atoms. The molecule has 4 N–H and O–H groups in total. The Morgan fingerprint density at radius 2 is 2.15 bits per heavy atom. The molecule has 0 saturated carbocycles. The maximum absolute atomic E-state index is 12.0. The van der Waals surface area contributed by atoms with Crippen LogP contribution in [0.5, 0.6) is 0 Å². The van der Waals surface area contributed by atoms with Gasteiger partial charge in [0, 0.05) is 17.7 Å². The van der Waals surface area contributed by atoms with Gasteiger partial charge in [-0.3, -0.25) is 9.69 Å². The highest BCUT2D eigenvalue weighted by Crippen LogP contribution is 2.40. The molecule has 2 atom stereocenters. The van der Waals surface area contributed by atoms with Crippen LogP contribution < -0.4 is 5.73 Å². The summed E-state index contributed by atoms with van der Waals surface area (Å²) in [7, 11) is 0. The van der Waals surface area contributed by atoms with E-state index in [0.717, 1.165) is 0 Å². The highest BCUT2D eigenvalue weighted by Gasteiger charge is 2.51. The molecular weight excluding hydrogens is 394 g/mol. The Morgan fingerprint density at radius 1 is 1.37 bits per heavy atom. The highest BCUT2D eigenvalue weighted by atomic mass is 32.2. The molecule has 4 rings (SSSR count). The lowest BCUT2D eigenvalue weighted by Crippen LogP contribution is -2.68. The number of carbonyl (C=O) groups excluding carboxylic acids is 1. The van der Waals surface area contributed by atoms with Crippen molar-refractivity contribution in [2.45, 2.75) is 16.4 Å². The summed E-state index contributed by atoms with van der Waals surface area (Å²) in [4.78, 5) is 40.2. The van der Waals surface area contributed by atoms with Gasteiger partial charge in [0.1, 0.15) is 27.7 Å². The van der Waals surface area contributed by atoms with Gasteiger partial charge < -0.3 is 15.9 Å². The van der Waals surface area contributed by atoms with E-state index in [1.54, 1.807) is 6.07 Å². The van der Waals surface area contributed by atoms with Crippen molar-refractivity contribution in [2.75, 3.05) is 11.5 Å². The third kappa shape index (κ3) is 2.76. The van der Waals surface area contributed by atoms with Gasteiger partial charge >= 0.3 is 11.9 Å². The quantitative estimate of drug-likeness (QED) is 0.353. The number of aromatic nitrogens is 3. The van der Waals surface area contributed by atoms with Crippen molar-refractivity contribution in [2.24, 2.45) is 5.73 Å². The molecule has 1 amide bonds. The fourth-order valence-electron chi connectivity index (χ4n) is 2.98. The molecule has 0 aliphatic carbocycles. The summed E-state index contributed by atoms with van der Waals surface area (Å²) < 4.78 is 1.40. The smallest absolute Gasteiger partial charge is 0.352 e. The predicted octanol–water partition coefficient (Wildman–Crippen LogP) is 0.101. The van der Waals surface area contributed by atoms with Crippen LogP contribution in [0.25, 0.3) is 5.65 Å². The number of aliphatic carboxylic acids is 1. The number of rotatable bonds is 5. The molecule has 0 aromatic carbocycles. The first-order chi connectivity index (χ1) is 12.9. The van der Waals surface area contributed by atoms with E-state index in [1.807, 2.05) is 0 Å². The van der Waals surface area contributed by atoms with Crippen molar-refractivity contribution >= 4 is 47.0 Å². The molecule has 1 saturated heterocycles. The van der Waals surface area contributed by atoms with Crippen LogP contribution in [0.1, 0.15) is 10.4 Å². The molecule has 12 heteroatoms.